The quantitative estimate of drug-likeness (QED) is 0.781. The number of aromatic nitrogens is 2. The average molecular weight is 279 g/mol. The smallest absolute Gasteiger partial charge is 0.347 e. The first-order valence-corrected chi connectivity index (χ1v) is 6.31. The molecule has 4 nitrogen and oxygen atoms in total. The first kappa shape index (κ1) is 11.3. The van der Waals surface area contributed by atoms with Crippen molar-refractivity contribution in [3.8, 4) is 11.3 Å². The fourth-order valence-electron chi connectivity index (χ4n) is 1.65. The van der Waals surface area contributed by atoms with Crippen molar-refractivity contribution < 1.29 is 9.90 Å². The first-order chi connectivity index (χ1) is 8.63. The van der Waals surface area contributed by atoms with Gasteiger partial charge in [-0.1, -0.05) is 35.1 Å². The van der Waals surface area contributed by atoms with E-state index >= 15 is 0 Å². The van der Waals surface area contributed by atoms with Crippen molar-refractivity contribution in [3.63, 3.8) is 0 Å². The third kappa shape index (κ3) is 1.87. The molecule has 0 radical (unpaired) electrons. The maximum absolute atomic E-state index is 10.8. The van der Waals surface area contributed by atoms with Crippen LogP contribution in [0, 0.1) is 0 Å². The number of imidazole rings is 1. The summed E-state index contributed by atoms with van der Waals surface area (Å²) in [7, 11) is 0. The average Bonchev–Trinajstić information content (AvgIpc) is 2.87. The number of hydrogen-bond acceptors (Lipinski definition) is 3. The summed E-state index contributed by atoms with van der Waals surface area (Å²) in [5.74, 6) is -0.932. The Morgan fingerprint density at radius 3 is 2.61 bits per heavy atom. The zero-order valence-electron chi connectivity index (χ0n) is 9.00. The van der Waals surface area contributed by atoms with E-state index < -0.39 is 5.97 Å². The van der Waals surface area contributed by atoms with Gasteiger partial charge < -0.3 is 5.11 Å². The monoisotopic (exact) mass is 278 g/mol. The van der Waals surface area contributed by atoms with Crippen LogP contribution in [0.15, 0.2) is 36.7 Å². The van der Waals surface area contributed by atoms with Crippen molar-refractivity contribution in [2.75, 3.05) is 0 Å². The Labute approximate surface area is 111 Å². The Balaban J connectivity index is 2.06. The molecule has 0 saturated heterocycles. The highest BCUT2D eigenvalue weighted by molar-refractivity contribution is 7.18. The maximum Gasteiger partial charge on any atom is 0.347 e. The van der Waals surface area contributed by atoms with E-state index in [0.29, 0.717) is 9.98 Å². The van der Waals surface area contributed by atoms with Crippen molar-refractivity contribution in [2.24, 2.45) is 0 Å². The largest absolute Gasteiger partial charge is 0.477 e. The number of rotatable bonds is 2. The van der Waals surface area contributed by atoms with Crippen LogP contribution < -0.4 is 0 Å². The molecular formula is C12H7ClN2O2S. The van der Waals surface area contributed by atoms with Gasteiger partial charge in [-0.3, -0.25) is 4.40 Å². The molecule has 0 aliphatic heterocycles. The number of carboxylic acid groups (broad SMARTS) is 1. The maximum atomic E-state index is 10.8. The van der Waals surface area contributed by atoms with Gasteiger partial charge in [0.05, 0.1) is 5.69 Å². The number of aromatic carboxylic acids is 1. The van der Waals surface area contributed by atoms with Gasteiger partial charge in [0.25, 0.3) is 0 Å². The Bertz CT molecular complexity index is 699. The lowest BCUT2D eigenvalue weighted by Gasteiger charge is -1.95. The standard InChI is InChI=1S/C12H7ClN2O2S/c13-8-3-1-7(2-4-8)9-5-15-6-10(11(16)17)18-12(15)14-9/h1-6H,(H,16,17). The predicted octanol–water partition coefficient (Wildman–Crippen LogP) is 3.41. The van der Waals surface area contributed by atoms with Gasteiger partial charge in [-0.05, 0) is 12.1 Å². The van der Waals surface area contributed by atoms with Gasteiger partial charge in [0.1, 0.15) is 4.88 Å². The van der Waals surface area contributed by atoms with Crippen LogP contribution in [0.2, 0.25) is 5.02 Å². The van der Waals surface area contributed by atoms with Gasteiger partial charge in [0, 0.05) is 23.0 Å². The molecule has 1 N–H and O–H groups in total. The molecule has 0 saturated carbocycles. The normalized spacial score (nSPS) is 10.9. The number of halogens is 1. The number of carbonyl (C=O) groups is 1. The fraction of sp³-hybridized carbons (Fsp3) is 0. The molecule has 1 aromatic carbocycles. The van der Waals surface area contributed by atoms with Gasteiger partial charge in [-0.15, -0.1) is 0 Å². The van der Waals surface area contributed by atoms with Crippen molar-refractivity contribution in [3.05, 3.63) is 46.6 Å². The number of hydrogen-bond donors (Lipinski definition) is 1. The third-order valence-corrected chi connectivity index (χ3v) is 3.74. The minimum absolute atomic E-state index is 0.278. The molecule has 0 atom stereocenters. The molecule has 0 amide bonds. The molecule has 0 bridgehead atoms. The lowest BCUT2D eigenvalue weighted by Crippen LogP contribution is -1.90. The zero-order chi connectivity index (χ0) is 12.7. The molecule has 2 aromatic heterocycles. The van der Waals surface area contributed by atoms with E-state index in [1.807, 2.05) is 18.3 Å². The summed E-state index contributed by atoms with van der Waals surface area (Å²) >= 11 is 6.97. The number of fused-ring (bicyclic) bond motifs is 1. The number of thiazole rings is 1. The van der Waals surface area contributed by atoms with E-state index in [1.165, 1.54) is 0 Å². The van der Waals surface area contributed by atoms with Crippen molar-refractivity contribution in [1.82, 2.24) is 9.38 Å². The molecule has 6 heteroatoms. The van der Waals surface area contributed by atoms with Gasteiger partial charge in [-0.25, -0.2) is 9.78 Å². The van der Waals surface area contributed by atoms with Gasteiger partial charge in [0.2, 0.25) is 0 Å². The van der Waals surface area contributed by atoms with Crippen LogP contribution >= 0.6 is 22.9 Å². The SMILES string of the molecule is O=C(O)c1cn2cc(-c3ccc(Cl)cc3)nc2s1. The Hall–Kier alpha value is -1.85. The Morgan fingerprint density at radius 2 is 2.00 bits per heavy atom. The van der Waals surface area contributed by atoms with Gasteiger partial charge >= 0.3 is 5.97 Å². The van der Waals surface area contributed by atoms with Crippen LogP contribution in [-0.2, 0) is 0 Å². The second-order valence-corrected chi connectivity index (χ2v) is 5.17. The number of carboxylic acids is 1. The summed E-state index contributed by atoms with van der Waals surface area (Å²) in [6, 6.07) is 7.36. The molecule has 3 rings (SSSR count). The van der Waals surface area contributed by atoms with E-state index in [-0.39, 0.29) is 4.88 Å². The molecule has 0 fully saturated rings. The molecule has 0 aliphatic rings. The van der Waals surface area contributed by atoms with Crippen LogP contribution in [0.1, 0.15) is 9.67 Å². The molecule has 0 unspecified atom stereocenters. The summed E-state index contributed by atoms with van der Waals surface area (Å²) in [4.78, 5) is 16.1. The topological polar surface area (TPSA) is 54.6 Å². The van der Waals surface area contributed by atoms with Crippen molar-refractivity contribution in [2.45, 2.75) is 0 Å². The van der Waals surface area contributed by atoms with E-state index in [4.69, 9.17) is 16.7 Å². The van der Waals surface area contributed by atoms with E-state index in [0.717, 1.165) is 22.6 Å². The van der Waals surface area contributed by atoms with Crippen LogP contribution in [-0.4, -0.2) is 20.5 Å². The van der Waals surface area contributed by atoms with Crippen LogP contribution in [0.3, 0.4) is 0 Å². The molecule has 2 heterocycles. The zero-order valence-corrected chi connectivity index (χ0v) is 10.6. The van der Waals surface area contributed by atoms with E-state index in [9.17, 15) is 4.79 Å². The van der Waals surface area contributed by atoms with E-state index in [1.54, 1.807) is 22.7 Å². The van der Waals surface area contributed by atoms with Crippen LogP contribution in [0.5, 0.6) is 0 Å². The summed E-state index contributed by atoms with van der Waals surface area (Å²) < 4.78 is 1.72. The summed E-state index contributed by atoms with van der Waals surface area (Å²) in [6.07, 6.45) is 3.37. The van der Waals surface area contributed by atoms with Crippen LogP contribution in [0.4, 0.5) is 0 Å². The lowest BCUT2D eigenvalue weighted by molar-refractivity contribution is 0.0702. The Morgan fingerprint density at radius 1 is 1.28 bits per heavy atom. The lowest BCUT2D eigenvalue weighted by atomic mass is 10.2. The minimum Gasteiger partial charge on any atom is -0.477 e. The third-order valence-electron chi connectivity index (χ3n) is 2.51. The summed E-state index contributed by atoms with van der Waals surface area (Å²) in [5, 5.41) is 9.55. The van der Waals surface area contributed by atoms with Crippen molar-refractivity contribution in [1.29, 1.82) is 0 Å². The molecule has 0 spiro atoms. The first-order valence-electron chi connectivity index (χ1n) is 5.11. The molecule has 18 heavy (non-hydrogen) atoms. The molecular weight excluding hydrogens is 272 g/mol. The van der Waals surface area contributed by atoms with Gasteiger partial charge in [-0.2, -0.15) is 0 Å². The van der Waals surface area contributed by atoms with Crippen LogP contribution in [0.25, 0.3) is 16.2 Å². The second kappa shape index (κ2) is 4.12. The predicted molar refractivity (Wildman–Crippen MR) is 70.5 cm³/mol. The number of benzene rings is 1. The molecule has 3 aromatic rings. The number of nitrogens with zero attached hydrogens (tertiary/aromatic N) is 2. The molecule has 90 valence electrons. The Kier molecular flexibility index (Phi) is 2.57. The minimum atomic E-state index is -0.932. The van der Waals surface area contributed by atoms with Crippen molar-refractivity contribution >= 4 is 33.9 Å². The highest BCUT2D eigenvalue weighted by Crippen LogP contribution is 2.24. The summed E-state index contributed by atoms with van der Waals surface area (Å²) in [6.45, 7) is 0. The second-order valence-electron chi connectivity index (χ2n) is 3.72. The fourth-order valence-corrected chi connectivity index (χ4v) is 2.59. The highest BCUT2D eigenvalue weighted by atomic mass is 35.5. The summed E-state index contributed by atoms with van der Waals surface area (Å²) in [5.41, 5.74) is 1.75. The molecule has 0 aliphatic carbocycles. The van der Waals surface area contributed by atoms with Gasteiger partial charge in [0.15, 0.2) is 4.96 Å². The van der Waals surface area contributed by atoms with E-state index in [2.05, 4.69) is 4.98 Å². The highest BCUT2D eigenvalue weighted by Gasteiger charge is 2.11.